The zero-order chi connectivity index (χ0) is 29.4. The first kappa shape index (κ1) is 30.5. The summed E-state index contributed by atoms with van der Waals surface area (Å²) in [5.74, 6) is 0.233. The van der Waals surface area contributed by atoms with Crippen molar-refractivity contribution < 1.29 is 27.5 Å². The summed E-state index contributed by atoms with van der Waals surface area (Å²) < 4.78 is 39.3. The number of nitrogens with one attached hydrogen (secondary N) is 1. The van der Waals surface area contributed by atoms with Crippen LogP contribution in [0.1, 0.15) is 31.9 Å². The Morgan fingerprint density at radius 1 is 0.875 bits per heavy atom. The number of amides is 2. The van der Waals surface area contributed by atoms with Crippen LogP contribution in [0.2, 0.25) is 0 Å². The number of nitrogens with zero attached hydrogens (tertiary/aromatic N) is 2. The zero-order valence-electron chi connectivity index (χ0n) is 23.7. The highest BCUT2D eigenvalue weighted by atomic mass is 32.2. The molecule has 0 heterocycles. The van der Waals surface area contributed by atoms with Crippen molar-refractivity contribution in [3.8, 4) is 11.5 Å². The first-order chi connectivity index (χ1) is 19.0. The molecular formula is C30H37N3O6S. The highest BCUT2D eigenvalue weighted by molar-refractivity contribution is 7.92. The molecule has 2 amide bonds. The average Bonchev–Trinajstić information content (AvgIpc) is 2.94. The molecule has 3 aromatic rings. The molecule has 0 spiro atoms. The minimum Gasteiger partial charge on any atom is -0.497 e. The molecule has 3 aromatic carbocycles. The van der Waals surface area contributed by atoms with Gasteiger partial charge in [-0.3, -0.25) is 13.9 Å². The predicted molar refractivity (Wildman–Crippen MR) is 155 cm³/mol. The number of carbonyl (C=O) groups excluding carboxylic acids is 2. The molecule has 1 atom stereocenters. The Morgan fingerprint density at radius 3 is 2.08 bits per heavy atom. The van der Waals surface area contributed by atoms with Crippen molar-refractivity contribution in [3.05, 3.63) is 83.9 Å². The van der Waals surface area contributed by atoms with E-state index in [1.807, 2.05) is 26.8 Å². The second-order valence-electron chi connectivity index (χ2n) is 9.74. The topological polar surface area (TPSA) is 105 Å². The number of benzene rings is 3. The Labute approximate surface area is 236 Å². The summed E-state index contributed by atoms with van der Waals surface area (Å²) >= 11 is 0. The van der Waals surface area contributed by atoms with Crippen LogP contribution in [0.15, 0.2) is 77.7 Å². The van der Waals surface area contributed by atoms with Gasteiger partial charge in [0, 0.05) is 12.6 Å². The van der Waals surface area contributed by atoms with Crippen LogP contribution in [0.25, 0.3) is 0 Å². The normalized spacial score (nSPS) is 12.0. The van der Waals surface area contributed by atoms with Gasteiger partial charge >= 0.3 is 0 Å². The lowest BCUT2D eigenvalue weighted by atomic mass is 10.1. The summed E-state index contributed by atoms with van der Waals surface area (Å²) in [5.41, 5.74) is 2.00. The Balaban J connectivity index is 2.03. The van der Waals surface area contributed by atoms with E-state index < -0.39 is 28.5 Å². The molecule has 0 aliphatic carbocycles. The lowest BCUT2D eigenvalue weighted by Crippen LogP contribution is -2.52. The van der Waals surface area contributed by atoms with E-state index in [9.17, 15) is 18.0 Å². The summed E-state index contributed by atoms with van der Waals surface area (Å²) in [6.07, 6.45) is 0. The highest BCUT2D eigenvalue weighted by Gasteiger charge is 2.32. The third-order valence-electron chi connectivity index (χ3n) is 6.33. The van der Waals surface area contributed by atoms with Crippen molar-refractivity contribution in [2.75, 3.05) is 25.1 Å². The predicted octanol–water partition coefficient (Wildman–Crippen LogP) is 4.15. The van der Waals surface area contributed by atoms with Crippen molar-refractivity contribution in [2.24, 2.45) is 0 Å². The number of ether oxygens (including phenoxy) is 2. The summed E-state index contributed by atoms with van der Waals surface area (Å²) in [6, 6.07) is 19.0. The first-order valence-electron chi connectivity index (χ1n) is 12.9. The molecule has 9 nitrogen and oxygen atoms in total. The fraction of sp³-hybridized carbons (Fsp3) is 0.333. The van der Waals surface area contributed by atoms with Crippen LogP contribution in [0.5, 0.6) is 11.5 Å². The number of hydrogen-bond donors (Lipinski definition) is 1. The van der Waals surface area contributed by atoms with Crippen molar-refractivity contribution >= 4 is 27.5 Å². The third kappa shape index (κ3) is 7.53. The molecular weight excluding hydrogens is 530 g/mol. The SMILES string of the molecule is COc1ccc(S(=O)(=O)N(CC(=O)N(Cc2cccc(OC)c2)[C@@H](C)C(=O)NC(C)C)c2ccc(C)cc2)cc1. The van der Waals surface area contributed by atoms with Crippen LogP contribution in [0, 0.1) is 6.92 Å². The molecule has 10 heteroatoms. The second kappa shape index (κ2) is 13.3. The van der Waals surface area contributed by atoms with Crippen LogP contribution < -0.4 is 19.1 Å². The number of sulfonamides is 1. The van der Waals surface area contributed by atoms with E-state index in [2.05, 4.69) is 5.32 Å². The van der Waals surface area contributed by atoms with Gasteiger partial charge in [-0.1, -0.05) is 29.8 Å². The van der Waals surface area contributed by atoms with Gasteiger partial charge in [0.25, 0.3) is 10.0 Å². The lowest BCUT2D eigenvalue weighted by molar-refractivity contribution is -0.139. The molecule has 0 saturated carbocycles. The van der Waals surface area contributed by atoms with Crippen molar-refractivity contribution in [2.45, 2.75) is 51.2 Å². The fourth-order valence-corrected chi connectivity index (χ4v) is 5.48. The molecule has 0 saturated heterocycles. The van der Waals surface area contributed by atoms with Crippen LogP contribution in [-0.2, 0) is 26.2 Å². The Bertz CT molecular complexity index is 1410. The highest BCUT2D eigenvalue weighted by Crippen LogP contribution is 2.26. The molecule has 40 heavy (non-hydrogen) atoms. The summed E-state index contributed by atoms with van der Waals surface area (Å²) in [6.45, 7) is 6.75. The molecule has 0 aromatic heterocycles. The smallest absolute Gasteiger partial charge is 0.264 e. The molecule has 0 radical (unpaired) electrons. The minimum absolute atomic E-state index is 0.00613. The van der Waals surface area contributed by atoms with Crippen molar-refractivity contribution in [3.63, 3.8) is 0 Å². The van der Waals surface area contributed by atoms with Crippen LogP contribution in [0.4, 0.5) is 5.69 Å². The third-order valence-corrected chi connectivity index (χ3v) is 8.12. The second-order valence-corrected chi connectivity index (χ2v) is 11.6. The van der Waals surface area contributed by atoms with E-state index >= 15 is 0 Å². The van der Waals surface area contributed by atoms with Gasteiger partial charge in [0.15, 0.2) is 0 Å². The van der Waals surface area contributed by atoms with E-state index in [4.69, 9.17) is 9.47 Å². The molecule has 1 N–H and O–H groups in total. The fourth-order valence-electron chi connectivity index (χ4n) is 4.07. The Morgan fingerprint density at radius 2 is 1.50 bits per heavy atom. The molecule has 3 rings (SSSR count). The maximum Gasteiger partial charge on any atom is 0.264 e. The number of rotatable bonds is 12. The van der Waals surface area contributed by atoms with Crippen LogP contribution in [0.3, 0.4) is 0 Å². The van der Waals surface area contributed by atoms with E-state index in [1.54, 1.807) is 68.6 Å². The molecule has 0 aliphatic heterocycles. The summed E-state index contributed by atoms with van der Waals surface area (Å²) in [5, 5.41) is 2.84. The Kier molecular flexibility index (Phi) is 10.2. The van der Waals surface area contributed by atoms with Gasteiger partial charge in [-0.2, -0.15) is 0 Å². The van der Waals surface area contributed by atoms with E-state index in [0.717, 1.165) is 15.4 Å². The standard InChI is InChI=1S/C30H37N3O6S/c1-21(2)31-30(35)23(4)32(19-24-8-7-9-27(18-24)39-6)29(34)20-33(25-12-10-22(3)11-13-25)40(36,37)28-16-14-26(38-5)15-17-28/h7-18,21,23H,19-20H2,1-6H3,(H,31,35)/t23-/m0/s1. The number of aryl methyl sites for hydroxylation is 1. The number of methoxy groups -OCH3 is 2. The monoisotopic (exact) mass is 567 g/mol. The summed E-state index contributed by atoms with van der Waals surface area (Å²) in [7, 11) is -1.12. The molecule has 0 fully saturated rings. The van der Waals surface area contributed by atoms with Gasteiger partial charge in [0.05, 0.1) is 24.8 Å². The lowest BCUT2D eigenvalue weighted by Gasteiger charge is -2.32. The molecule has 0 bridgehead atoms. The van der Waals surface area contributed by atoms with Crippen molar-refractivity contribution in [1.82, 2.24) is 10.2 Å². The average molecular weight is 568 g/mol. The molecule has 214 valence electrons. The first-order valence-corrected chi connectivity index (χ1v) is 14.4. The molecule has 0 unspecified atom stereocenters. The zero-order valence-corrected chi connectivity index (χ0v) is 24.6. The van der Waals surface area contributed by atoms with E-state index in [-0.39, 0.29) is 23.4 Å². The van der Waals surface area contributed by atoms with Gasteiger partial charge in [0.2, 0.25) is 11.8 Å². The van der Waals surface area contributed by atoms with E-state index in [1.165, 1.54) is 24.1 Å². The maximum atomic E-state index is 14.0. The molecule has 0 aliphatic rings. The van der Waals surface area contributed by atoms with Crippen molar-refractivity contribution in [1.29, 1.82) is 0 Å². The van der Waals surface area contributed by atoms with E-state index in [0.29, 0.717) is 17.2 Å². The number of carbonyl (C=O) groups is 2. The number of hydrogen-bond acceptors (Lipinski definition) is 6. The van der Waals surface area contributed by atoms with Gasteiger partial charge < -0.3 is 19.7 Å². The van der Waals surface area contributed by atoms with Gasteiger partial charge in [0.1, 0.15) is 24.1 Å². The largest absolute Gasteiger partial charge is 0.497 e. The van der Waals surface area contributed by atoms with Gasteiger partial charge in [-0.15, -0.1) is 0 Å². The van der Waals surface area contributed by atoms with Crippen LogP contribution >= 0.6 is 0 Å². The quantitative estimate of drug-likeness (QED) is 0.353. The summed E-state index contributed by atoms with van der Waals surface area (Å²) in [4.78, 5) is 28.4. The minimum atomic E-state index is -4.16. The maximum absolute atomic E-state index is 14.0. The van der Waals surface area contributed by atoms with Gasteiger partial charge in [-0.25, -0.2) is 8.42 Å². The van der Waals surface area contributed by atoms with Crippen LogP contribution in [-0.4, -0.2) is 58.0 Å². The Hall–Kier alpha value is -4.05. The number of anilines is 1. The van der Waals surface area contributed by atoms with Gasteiger partial charge in [-0.05, 0) is 81.8 Å².